The molecule has 0 bridgehead atoms. The van der Waals surface area contributed by atoms with E-state index in [2.05, 4.69) is 39.7 Å². The van der Waals surface area contributed by atoms with Crippen LogP contribution < -0.4 is 26.1 Å². The molecule has 1 aromatic heterocycles. The van der Waals surface area contributed by atoms with Gasteiger partial charge >= 0.3 is 152 Å². The summed E-state index contributed by atoms with van der Waals surface area (Å²) >= 11 is 6.06. The van der Waals surface area contributed by atoms with E-state index in [0.717, 1.165) is 22.0 Å². The number of nitrogens with zero attached hydrogens (tertiary/aromatic N) is 3. The Labute approximate surface area is 152 Å². The van der Waals surface area contributed by atoms with Crippen molar-refractivity contribution in [2.24, 2.45) is 0 Å². The molecular weight excluding hydrogens is 421 g/mol. The summed E-state index contributed by atoms with van der Waals surface area (Å²) in [6.45, 7) is 4.35. The summed E-state index contributed by atoms with van der Waals surface area (Å²) in [5, 5.41) is 1.90. The van der Waals surface area contributed by atoms with Crippen LogP contribution in [0.25, 0.3) is 10.9 Å². The number of hydrogen-bond donors (Lipinski definition) is 0. The zero-order valence-corrected chi connectivity index (χ0v) is 16.5. The Hall–Kier alpha value is -1.40. The first kappa shape index (κ1) is 16.5. The van der Waals surface area contributed by atoms with Crippen LogP contribution in [0.5, 0.6) is 0 Å². The second kappa shape index (κ2) is 6.61. The Kier molecular flexibility index (Phi) is 4.73. The summed E-state index contributed by atoms with van der Waals surface area (Å²) in [7, 11) is 2.03. The average molecular weight is 439 g/mol. The van der Waals surface area contributed by atoms with E-state index in [4.69, 9.17) is 11.6 Å². The molecule has 3 aromatic rings. The topological polar surface area (TPSA) is 29.0 Å². The predicted octanol–water partition coefficient (Wildman–Crippen LogP) is 1.56. The van der Waals surface area contributed by atoms with Crippen LogP contribution in [-0.2, 0) is 0 Å². The molecule has 0 saturated carbocycles. The molecule has 0 N–H and O–H groups in total. The van der Waals surface area contributed by atoms with Crippen LogP contribution in [0, 0.1) is 17.4 Å². The quantitative estimate of drug-likeness (QED) is 0.459. The first-order chi connectivity index (χ1) is 11.0. The van der Waals surface area contributed by atoms with Gasteiger partial charge in [0.15, 0.2) is 0 Å². The third-order valence-electron chi connectivity index (χ3n) is 4.05. The average Bonchev–Trinajstić information content (AvgIpc) is 2.55. The molecule has 23 heavy (non-hydrogen) atoms. The van der Waals surface area contributed by atoms with Gasteiger partial charge in [0.1, 0.15) is 0 Å². The predicted molar refractivity (Wildman–Crippen MR) is 93.1 cm³/mol. The molecule has 0 aliphatic heterocycles. The van der Waals surface area contributed by atoms with Gasteiger partial charge in [-0.15, -0.1) is 0 Å². The van der Waals surface area contributed by atoms with Crippen molar-refractivity contribution in [1.29, 1.82) is 0 Å². The number of alkyl halides is 1. The molecular formula is C18H18ClIN3-. The number of hydrogen-bond acceptors (Lipinski definition) is 3. The van der Waals surface area contributed by atoms with E-state index in [-0.39, 0.29) is 21.2 Å². The van der Waals surface area contributed by atoms with Crippen molar-refractivity contribution in [2.75, 3.05) is 16.9 Å². The first-order valence-corrected chi connectivity index (χ1v) is 10.9. The molecule has 0 radical (unpaired) electrons. The van der Waals surface area contributed by atoms with E-state index in [1.807, 2.05) is 31.3 Å². The van der Waals surface area contributed by atoms with E-state index >= 15 is 0 Å². The monoisotopic (exact) mass is 438 g/mol. The SMILES string of the molecule is C[I-]c1c(C)c(C)cc2ncnc(N(C)c3cccc(Cl)c3)c12. The number of fused-ring (bicyclic) bond motifs is 1. The van der Waals surface area contributed by atoms with Crippen LogP contribution in [0.2, 0.25) is 5.02 Å². The molecule has 3 rings (SSSR count). The van der Waals surface area contributed by atoms with E-state index in [1.54, 1.807) is 6.33 Å². The molecule has 5 heteroatoms. The zero-order chi connectivity index (χ0) is 16.6. The van der Waals surface area contributed by atoms with Gasteiger partial charge in [0.2, 0.25) is 0 Å². The van der Waals surface area contributed by atoms with Crippen LogP contribution in [0.1, 0.15) is 11.1 Å². The number of rotatable bonds is 3. The standard InChI is InChI=1S/C18H18ClIN3/c1-11-8-15-16(17(20-3)12(11)2)18(22-10-21-15)23(4)14-7-5-6-13(19)9-14/h5-10H,1-4H3/q-1. The van der Waals surface area contributed by atoms with Crippen LogP contribution in [-0.4, -0.2) is 21.9 Å². The Balaban J connectivity index is 2.27. The van der Waals surface area contributed by atoms with E-state index in [9.17, 15) is 0 Å². The van der Waals surface area contributed by atoms with E-state index in [1.165, 1.54) is 20.1 Å². The number of benzene rings is 2. The maximum absolute atomic E-state index is 6.15. The fourth-order valence-electron chi connectivity index (χ4n) is 2.68. The zero-order valence-electron chi connectivity index (χ0n) is 13.6. The molecule has 0 unspecified atom stereocenters. The van der Waals surface area contributed by atoms with Gasteiger partial charge in [-0.1, -0.05) is 0 Å². The number of halogens is 2. The summed E-state index contributed by atoms with van der Waals surface area (Å²) < 4.78 is 1.42. The van der Waals surface area contributed by atoms with Gasteiger partial charge in [0.05, 0.1) is 0 Å². The van der Waals surface area contributed by atoms with Crippen molar-refractivity contribution >= 4 is 34.0 Å². The Morgan fingerprint density at radius 2 is 1.91 bits per heavy atom. The van der Waals surface area contributed by atoms with Crippen molar-refractivity contribution < 1.29 is 21.2 Å². The molecule has 0 aliphatic rings. The second-order valence-electron chi connectivity index (χ2n) is 5.45. The molecule has 0 aliphatic carbocycles. The van der Waals surface area contributed by atoms with Crippen molar-refractivity contribution in [2.45, 2.75) is 13.8 Å². The van der Waals surface area contributed by atoms with Crippen LogP contribution in [0.15, 0.2) is 36.7 Å². The minimum absolute atomic E-state index is 0.0829. The molecule has 0 atom stereocenters. The van der Waals surface area contributed by atoms with Gasteiger partial charge in [0.25, 0.3) is 0 Å². The van der Waals surface area contributed by atoms with Crippen molar-refractivity contribution in [3.63, 3.8) is 0 Å². The third kappa shape index (κ3) is 3.02. The van der Waals surface area contributed by atoms with Gasteiger partial charge in [-0.05, 0) is 0 Å². The normalized spacial score (nSPS) is 11.2. The maximum atomic E-state index is 6.15. The first-order valence-electron chi connectivity index (χ1n) is 7.26. The van der Waals surface area contributed by atoms with Gasteiger partial charge in [-0.2, -0.15) is 0 Å². The van der Waals surface area contributed by atoms with Crippen LogP contribution >= 0.6 is 11.6 Å². The van der Waals surface area contributed by atoms with Crippen LogP contribution in [0.3, 0.4) is 0 Å². The van der Waals surface area contributed by atoms with Gasteiger partial charge < -0.3 is 0 Å². The molecule has 1 heterocycles. The second-order valence-corrected chi connectivity index (χ2v) is 8.05. The fraction of sp³-hybridized carbons (Fsp3) is 0.222. The van der Waals surface area contributed by atoms with Gasteiger partial charge in [-0.25, -0.2) is 0 Å². The van der Waals surface area contributed by atoms with Crippen molar-refractivity contribution in [3.05, 3.63) is 56.4 Å². The van der Waals surface area contributed by atoms with Crippen LogP contribution in [0.4, 0.5) is 11.5 Å². The fourth-order valence-corrected chi connectivity index (χ4v) is 5.16. The molecule has 0 spiro atoms. The number of aryl methyl sites for hydroxylation is 1. The Morgan fingerprint density at radius 3 is 2.61 bits per heavy atom. The van der Waals surface area contributed by atoms with E-state index < -0.39 is 0 Å². The summed E-state index contributed by atoms with van der Waals surface area (Å²) in [4.78, 5) is 13.5. The van der Waals surface area contributed by atoms with E-state index in [0.29, 0.717) is 0 Å². The molecule has 120 valence electrons. The molecule has 2 aromatic carbocycles. The van der Waals surface area contributed by atoms with Crippen molar-refractivity contribution in [3.8, 4) is 0 Å². The van der Waals surface area contributed by atoms with Gasteiger partial charge in [-0.3, -0.25) is 0 Å². The molecule has 0 fully saturated rings. The number of aromatic nitrogens is 2. The number of anilines is 2. The van der Waals surface area contributed by atoms with Crippen molar-refractivity contribution in [1.82, 2.24) is 9.97 Å². The van der Waals surface area contributed by atoms with Gasteiger partial charge in [0, 0.05) is 0 Å². The summed E-state index contributed by atoms with van der Waals surface area (Å²) in [6.07, 6.45) is 1.64. The Bertz CT molecular complexity index is 880. The third-order valence-corrected chi connectivity index (χ3v) is 6.71. The molecule has 0 saturated heterocycles. The Morgan fingerprint density at radius 1 is 1.13 bits per heavy atom. The molecule has 0 amide bonds. The summed E-state index contributed by atoms with van der Waals surface area (Å²) in [5.74, 6) is 0.942. The summed E-state index contributed by atoms with van der Waals surface area (Å²) in [5.41, 5.74) is 4.70. The minimum atomic E-state index is -0.0829. The summed E-state index contributed by atoms with van der Waals surface area (Å²) in [6, 6.07) is 10.00. The molecule has 3 nitrogen and oxygen atoms in total.